The van der Waals surface area contributed by atoms with E-state index in [0.29, 0.717) is 24.5 Å². The number of hydrogen-bond donors (Lipinski definition) is 0. The Morgan fingerprint density at radius 2 is 2.03 bits per heavy atom. The molecule has 0 spiro atoms. The third-order valence-corrected chi connectivity index (χ3v) is 6.67. The lowest BCUT2D eigenvalue weighted by Crippen LogP contribution is -2.43. The van der Waals surface area contributed by atoms with Crippen molar-refractivity contribution in [1.82, 2.24) is 9.88 Å². The lowest BCUT2D eigenvalue weighted by Gasteiger charge is -2.32. The van der Waals surface area contributed by atoms with Crippen LogP contribution in [0, 0.1) is 5.82 Å². The maximum atomic E-state index is 15.0. The minimum atomic E-state index is -0.406. The fourth-order valence-corrected chi connectivity index (χ4v) is 4.83. The number of benzene rings is 2. The van der Waals surface area contributed by atoms with Crippen molar-refractivity contribution >= 4 is 16.7 Å². The van der Waals surface area contributed by atoms with Crippen molar-refractivity contribution in [2.24, 2.45) is 0 Å². The highest BCUT2D eigenvalue weighted by Crippen LogP contribution is 2.37. The average Bonchev–Trinajstić information content (AvgIpc) is 3.41. The van der Waals surface area contributed by atoms with E-state index in [4.69, 9.17) is 14.2 Å². The molecule has 0 bridgehead atoms. The molecule has 1 unspecified atom stereocenters. The van der Waals surface area contributed by atoms with E-state index in [0.717, 1.165) is 55.2 Å². The number of aromatic nitrogens is 1. The molecule has 3 aromatic rings. The van der Waals surface area contributed by atoms with Gasteiger partial charge in [-0.2, -0.15) is 0 Å². The Labute approximate surface area is 198 Å². The second kappa shape index (κ2) is 10.1. The van der Waals surface area contributed by atoms with E-state index in [1.54, 1.807) is 19.4 Å². The van der Waals surface area contributed by atoms with E-state index in [1.807, 2.05) is 30.3 Å². The molecule has 0 radical (unpaired) electrons. The lowest BCUT2D eigenvalue weighted by atomic mass is 10.0. The van der Waals surface area contributed by atoms with E-state index in [9.17, 15) is 4.79 Å². The van der Waals surface area contributed by atoms with Crippen molar-refractivity contribution in [3.8, 4) is 22.6 Å². The van der Waals surface area contributed by atoms with Gasteiger partial charge in [-0.25, -0.2) is 4.39 Å². The molecule has 6 nitrogen and oxygen atoms in total. The van der Waals surface area contributed by atoms with Gasteiger partial charge in [0, 0.05) is 36.8 Å². The summed E-state index contributed by atoms with van der Waals surface area (Å²) in [6.07, 6.45) is 4.70. The number of likely N-dealkylation sites (tertiary alicyclic amines) is 1. The average molecular weight is 465 g/mol. The van der Waals surface area contributed by atoms with Gasteiger partial charge in [0.1, 0.15) is 17.7 Å². The number of carbonyl (C=O) groups excluding carboxylic acids is 1. The quantitative estimate of drug-likeness (QED) is 0.508. The molecule has 1 atom stereocenters. The smallest absolute Gasteiger partial charge is 0.175 e. The number of pyridine rings is 1. The first kappa shape index (κ1) is 22.7. The number of ether oxygens (including phenoxy) is 3. The van der Waals surface area contributed by atoms with Crippen LogP contribution in [0.2, 0.25) is 0 Å². The number of piperidine rings is 1. The normalized spacial score (nSPS) is 19.4. The predicted molar refractivity (Wildman–Crippen MR) is 128 cm³/mol. The highest BCUT2D eigenvalue weighted by atomic mass is 19.1. The van der Waals surface area contributed by atoms with Gasteiger partial charge in [-0.05, 0) is 55.5 Å². The first-order valence-electron chi connectivity index (χ1n) is 11.9. The zero-order valence-corrected chi connectivity index (χ0v) is 19.3. The molecule has 0 N–H and O–H groups in total. The summed E-state index contributed by atoms with van der Waals surface area (Å²) in [5.41, 5.74) is 2.23. The highest BCUT2D eigenvalue weighted by molar-refractivity contribution is 5.92. The summed E-state index contributed by atoms with van der Waals surface area (Å²) in [5, 5.41) is 0.965. The Kier molecular flexibility index (Phi) is 6.74. The fraction of sp³-hybridized carbons (Fsp3) is 0.407. The molecule has 0 amide bonds. The summed E-state index contributed by atoms with van der Waals surface area (Å²) >= 11 is 0. The lowest BCUT2D eigenvalue weighted by molar-refractivity contribution is -0.129. The Morgan fingerprint density at radius 1 is 1.18 bits per heavy atom. The number of nitrogens with zero attached hydrogens (tertiary/aromatic N) is 2. The minimum absolute atomic E-state index is 0.0752. The van der Waals surface area contributed by atoms with Crippen LogP contribution in [-0.2, 0) is 9.53 Å². The van der Waals surface area contributed by atoms with Gasteiger partial charge >= 0.3 is 0 Å². The third kappa shape index (κ3) is 4.76. The third-order valence-electron chi connectivity index (χ3n) is 6.67. The van der Waals surface area contributed by atoms with Crippen LogP contribution in [0.1, 0.15) is 25.7 Å². The van der Waals surface area contributed by atoms with Gasteiger partial charge in [0.2, 0.25) is 0 Å². The molecule has 0 saturated carbocycles. The second-order valence-electron chi connectivity index (χ2n) is 8.93. The van der Waals surface area contributed by atoms with Crippen LogP contribution in [0.4, 0.5) is 4.39 Å². The Hall–Kier alpha value is -3.03. The predicted octanol–water partition coefficient (Wildman–Crippen LogP) is 4.64. The monoisotopic (exact) mass is 464 g/mol. The summed E-state index contributed by atoms with van der Waals surface area (Å²) in [7, 11) is 1.60. The second-order valence-corrected chi connectivity index (χ2v) is 8.93. The van der Waals surface area contributed by atoms with Gasteiger partial charge in [0.25, 0.3) is 0 Å². The van der Waals surface area contributed by atoms with E-state index in [-0.39, 0.29) is 23.7 Å². The number of carbonyl (C=O) groups is 1. The van der Waals surface area contributed by atoms with Crippen LogP contribution in [-0.4, -0.2) is 61.2 Å². The molecule has 0 aliphatic carbocycles. The maximum absolute atomic E-state index is 15.0. The zero-order valence-electron chi connectivity index (χ0n) is 19.3. The Balaban J connectivity index is 1.23. The molecule has 7 heteroatoms. The van der Waals surface area contributed by atoms with E-state index >= 15 is 4.39 Å². The van der Waals surface area contributed by atoms with Crippen LogP contribution >= 0.6 is 0 Å². The molecule has 1 aromatic heterocycles. The standard InChI is InChI=1S/C27H29FN2O4/c1-32-27-21(8-6-18-4-2-12-29-26(18)27)19-7-9-24(22(28)16-19)34-20-10-13-30(14-11-20)17-23(31)25-5-3-15-33-25/h2,4,6-9,12,16,20,25H,3,5,10-11,13-15,17H2,1H3. The largest absolute Gasteiger partial charge is 0.494 e. The molecule has 2 aromatic carbocycles. The topological polar surface area (TPSA) is 60.9 Å². The van der Waals surface area contributed by atoms with Crippen LogP contribution in [0.25, 0.3) is 22.0 Å². The van der Waals surface area contributed by atoms with Crippen LogP contribution in [0.15, 0.2) is 48.7 Å². The molecule has 34 heavy (non-hydrogen) atoms. The number of rotatable bonds is 7. The van der Waals surface area contributed by atoms with Gasteiger partial charge in [0.15, 0.2) is 23.1 Å². The van der Waals surface area contributed by atoms with Crippen LogP contribution in [0.5, 0.6) is 11.5 Å². The van der Waals surface area contributed by atoms with Gasteiger partial charge in [0.05, 0.1) is 13.7 Å². The molecule has 2 aliphatic rings. The number of hydrogen-bond acceptors (Lipinski definition) is 6. The molecule has 2 aliphatic heterocycles. The van der Waals surface area contributed by atoms with E-state index < -0.39 is 5.82 Å². The first-order valence-corrected chi connectivity index (χ1v) is 11.9. The molecule has 5 rings (SSSR count). The molecule has 178 valence electrons. The van der Waals surface area contributed by atoms with Crippen molar-refractivity contribution in [3.63, 3.8) is 0 Å². The maximum Gasteiger partial charge on any atom is 0.175 e. The van der Waals surface area contributed by atoms with Crippen LogP contribution < -0.4 is 9.47 Å². The fourth-order valence-electron chi connectivity index (χ4n) is 4.83. The number of Topliss-reactive ketones (excluding diaryl/α,β-unsaturated/α-hetero) is 1. The summed E-state index contributed by atoms with van der Waals surface area (Å²) in [4.78, 5) is 18.9. The van der Waals surface area contributed by atoms with Crippen LogP contribution in [0.3, 0.4) is 0 Å². The molecule has 3 heterocycles. The van der Waals surface area contributed by atoms with Crippen molar-refractivity contribution in [3.05, 3.63) is 54.5 Å². The minimum Gasteiger partial charge on any atom is -0.494 e. The van der Waals surface area contributed by atoms with E-state index in [1.165, 1.54) is 6.07 Å². The highest BCUT2D eigenvalue weighted by Gasteiger charge is 2.28. The summed E-state index contributed by atoms with van der Waals surface area (Å²) < 4.78 is 32.1. The zero-order chi connectivity index (χ0) is 23.5. The summed E-state index contributed by atoms with van der Waals surface area (Å²) in [6, 6.07) is 12.7. The molecule has 2 fully saturated rings. The molecular weight excluding hydrogens is 435 g/mol. The molecular formula is C27H29FN2O4. The molecule has 2 saturated heterocycles. The Bertz CT molecular complexity index is 1170. The number of methoxy groups -OCH3 is 1. The number of fused-ring (bicyclic) bond motifs is 1. The van der Waals surface area contributed by atoms with Gasteiger partial charge in [-0.15, -0.1) is 0 Å². The van der Waals surface area contributed by atoms with Crippen molar-refractivity contribution < 1.29 is 23.4 Å². The van der Waals surface area contributed by atoms with E-state index in [2.05, 4.69) is 9.88 Å². The van der Waals surface area contributed by atoms with Crippen molar-refractivity contribution in [2.45, 2.75) is 37.9 Å². The van der Waals surface area contributed by atoms with Gasteiger partial charge in [-0.3, -0.25) is 14.7 Å². The summed E-state index contributed by atoms with van der Waals surface area (Å²) in [5.74, 6) is 0.626. The summed E-state index contributed by atoms with van der Waals surface area (Å²) in [6.45, 7) is 2.61. The number of ketones is 1. The number of halogens is 1. The van der Waals surface area contributed by atoms with Crippen molar-refractivity contribution in [1.29, 1.82) is 0 Å². The van der Waals surface area contributed by atoms with Gasteiger partial charge in [-0.1, -0.05) is 18.2 Å². The van der Waals surface area contributed by atoms with Crippen molar-refractivity contribution in [2.75, 3.05) is 33.4 Å². The van der Waals surface area contributed by atoms with Gasteiger partial charge < -0.3 is 14.2 Å². The Morgan fingerprint density at radius 3 is 2.76 bits per heavy atom. The first-order chi connectivity index (χ1) is 16.6. The SMILES string of the molecule is COc1c(-c2ccc(OC3CCN(CC(=O)C4CCCO4)CC3)c(F)c2)ccc2cccnc12.